The van der Waals surface area contributed by atoms with Crippen molar-refractivity contribution in [2.75, 3.05) is 25.4 Å². The van der Waals surface area contributed by atoms with E-state index < -0.39 is 40.8 Å². The lowest BCUT2D eigenvalue weighted by atomic mass is 10.2. The van der Waals surface area contributed by atoms with Gasteiger partial charge in [0.05, 0.1) is 25.0 Å². The number of ether oxygens (including phenoxy) is 1. The van der Waals surface area contributed by atoms with Crippen LogP contribution in [0.3, 0.4) is 0 Å². The van der Waals surface area contributed by atoms with E-state index in [1.807, 2.05) is 0 Å². The number of sulfonamides is 1. The van der Waals surface area contributed by atoms with Gasteiger partial charge >= 0.3 is 5.97 Å². The smallest absolute Gasteiger partial charge is 0.323 e. The van der Waals surface area contributed by atoms with Gasteiger partial charge in [-0.3, -0.25) is 9.59 Å². The molecule has 0 radical (unpaired) electrons. The van der Waals surface area contributed by atoms with Crippen LogP contribution < -0.4 is 4.72 Å². The number of halogens is 1. The molecular formula is C16H23FN2O6S. The molecule has 1 aromatic carbocycles. The zero-order valence-corrected chi connectivity index (χ0v) is 15.5. The van der Waals surface area contributed by atoms with Crippen molar-refractivity contribution >= 4 is 21.9 Å². The van der Waals surface area contributed by atoms with Crippen LogP contribution >= 0.6 is 0 Å². The van der Waals surface area contributed by atoms with Crippen LogP contribution in [0.5, 0.6) is 0 Å². The number of hydrogen-bond acceptors (Lipinski definition) is 5. The van der Waals surface area contributed by atoms with Crippen LogP contribution in [0.25, 0.3) is 0 Å². The first kappa shape index (κ1) is 22.0. The number of rotatable bonds is 11. The molecule has 146 valence electrons. The fourth-order valence-corrected chi connectivity index (χ4v) is 2.76. The van der Waals surface area contributed by atoms with Crippen molar-refractivity contribution in [1.82, 2.24) is 9.62 Å². The van der Waals surface area contributed by atoms with E-state index in [1.54, 1.807) is 13.8 Å². The van der Waals surface area contributed by atoms with Crippen LogP contribution in [0.2, 0.25) is 0 Å². The van der Waals surface area contributed by atoms with Crippen LogP contribution in [0, 0.1) is 5.82 Å². The summed E-state index contributed by atoms with van der Waals surface area (Å²) in [5.41, 5.74) is 0.522. The number of hydrogen-bond donors (Lipinski definition) is 2. The molecule has 1 amide bonds. The average Bonchev–Trinajstić information content (AvgIpc) is 2.53. The van der Waals surface area contributed by atoms with E-state index in [9.17, 15) is 22.4 Å². The van der Waals surface area contributed by atoms with Gasteiger partial charge in [-0.25, -0.2) is 17.5 Å². The number of amides is 1. The zero-order valence-electron chi connectivity index (χ0n) is 14.6. The molecule has 0 saturated carbocycles. The third-order valence-corrected chi connectivity index (χ3v) is 4.50. The Kier molecular flexibility index (Phi) is 8.62. The SMILES string of the molecule is CC(C)OCCS(=O)(=O)NCC(=O)N(CC(=O)O)Cc1ccc(F)cc1. The third-order valence-electron chi connectivity index (χ3n) is 3.21. The quantitative estimate of drug-likeness (QED) is 0.572. The van der Waals surface area contributed by atoms with E-state index in [4.69, 9.17) is 9.84 Å². The summed E-state index contributed by atoms with van der Waals surface area (Å²) < 4.78 is 43.9. The minimum Gasteiger partial charge on any atom is -0.480 e. The summed E-state index contributed by atoms with van der Waals surface area (Å²) in [5.74, 6) is -2.71. The van der Waals surface area contributed by atoms with Crippen LogP contribution in [-0.2, 0) is 30.9 Å². The molecule has 0 atom stereocenters. The predicted octanol–water partition coefficient (Wildman–Crippen LogP) is 0.583. The molecule has 0 unspecified atom stereocenters. The van der Waals surface area contributed by atoms with Crippen LogP contribution in [0.15, 0.2) is 24.3 Å². The highest BCUT2D eigenvalue weighted by molar-refractivity contribution is 7.89. The number of benzene rings is 1. The minimum absolute atomic E-state index is 0.0182. The van der Waals surface area contributed by atoms with E-state index in [0.717, 1.165) is 4.90 Å². The lowest BCUT2D eigenvalue weighted by molar-refractivity contribution is -0.144. The van der Waals surface area contributed by atoms with E-state index in [0.29, 0.717) is 5.56 Å². The Hall–Kier alpha value is -2.04. The topological polar surface area (TPSA) is 113 Å². The van der Waals surface area contributed by atoms with Crippen LogP contribution in [0.4, 0.5) is 4.39 Å². The second-order valence-corrected chi connectivity index (χ2v) is 7.76. The van der Waals surface area contributed by atoms with Crippen LogP contribution in [-0.4, -0.2) is 61.9 Å². The summed E-state index contributed by atoms with van der Waals surface area (Å²) in [6.07, 6.45) is -0.117. The average molecular weight is 390 g/mol. The predicted molar refractivity (Wildman–Crippen MR) is 92.3 cm³/mol. The number of carbonyl (C=O) groups is 2. The van der Waals surface area contributed by atoms with Gasteiger partial charge in [0.15, 0.2) is 0 Å². The summed E-state index contributed by atoms with van der Waals surface area (Å²) >= 11 is 0. The molecule has 2 N–H and O–H groups in total. The Bertz CT molecular complexity index is 706. The lowest BCUT2D eigenvalue weighted by Gasteiger charge is -2.21. The molecule has 1 aromatic rings. The van der Waals surface area contributed by atoms with Crippen molar-refractivity contribution in [2.24, 2.45) is 0 Å². The first-order valence-electron chi connectivity index (χ1n) is 7.92. The van der Waals surface area contributed by atoms with E-state index in [1.165, 1.54) is 24.3 Å². The molecule has 0 heterocycles. The molecular weight excluding hydrogens is 367 g/mol. The minimum atomic E-state index is -3.73. The van der Waals surface area contributed by atoms with Gasteiger partial charge in [-0.05, 0) is 31.5 Å². The molecule has 0 aliphatic heterocycles. The number of carboxylic acid groups (broad SMARTS) is 1. The molecule has 0 aromatic heterocycles. The Labute approximate surface area is 152 Å². The molecule has 10 heteroatoms. The normalized spacial score (nSPS) is 11.5. The number of nitrogens with zero attached hydrogens (tertiary/aromatic N) is 1. The number of carboxylic acids is 1. The monoisotopic (exact) mass is 390 g/mol. The Balaban J connectivity index is 2.65. The maximum Gasteiger partial charge on any atom is 0.323 e. The highest BCUT2D eigenvalue weighted by Gasteiger charge is 2.20. The largest absolute Gasteiger partial charge is 0.480 e. The Morgan fingerprint density at radius 3 is 2.42 bits per heavy atom. The number of carbonyl (C=O) groups excluding carboxylic acids is 1. The number of nitrogens with one attached hydrogen (secondary N) is 1. The van der Waals surface area contributed by atoms with E-state index >= 15 is 0 Å². The Morgan fingerprint density at radius 1 is 1.27 bits per heavy atom. The van der Waals surface area contributed by atoms with E-state index in [2.05, 4.69) is 4.72 Å². The Morgan fingerprint density at radius 2 is 1.88 bits per heavy atom. The van der Waals surface area contributed by atoms with Crippen molar-refractivity contribution in [2.45, 2.75) is 26.5 Å². The molecule has 0 aliphatic rings. The first-order chi connectivity index (χ1) is 12.1. The number of aliphatic carboxylic acids is 1. The highest BCUT2D eigenvalue weighted by atomic mass is 32.2. The van der Waals surface area contributed by atoms with Gasteiger partial charge in [0.1, 0.15) is 12.4 Å². The first-order valence-corrected chi connectivity index (χ1v) is 9.57. The summed E-state index contributed by atoms with van der Waals surface area (Å²) in [7, 11) is -3.73. The third kappa shape index (κ3) is 8.88. The molecule has 8 nitrogen and oxygen atoms in total. The van der Waals surface area contributed by atoms with Crippen molar-refractivity contribution < 1.29 is 32.2 Å². The van der Waals surface area contributed by atoms with Crippen molar-refractivity contribution in [3.8, 4) is 0 Å². The van der Waals surface area contributed by atoms with Gasteiger partial charge in [-0.15, -0.1) is 0 Å². The summed E-state index contributed by atoms with van der Waals surface area (Å²) in [6, 6.07) is 5.22. The van der Waals surface area contributed by atoms with Gasteiger partial charge in [-0.2, -0.15) is 0 Å². The van der Waals surface area contributed by atoms with Gasteiger partial charge in [0, 0.05) is 6.54 Å². The molecule has 1 rings (SSSR count). The molecule has 0 fully saturated rings. The molecule has 0 bridgehead atoms. The molecule has 26 heavy (non-hydrogen) atoms. The van der Waals surface area contributed by atoms with Crippen molar-refractivity contribution in [3.05, 3.63) is 35.6 Å². The second kappa shape index (κ2) is 10.2. The second-order valence-electron chi connectivity index (χ2n) is 5.83. The maximum absolute atomic E-state index is 12.9. The van der Waals surface area contributed by atoms with Gasteiger partial charge in [-0.1, -0.05) is 12.1 Å². The van der Waals surface area contributed by atoms with Gasteiger partial charge < -0.3 is 14.7 Å². The zero-order chi connectivity index (χ0) is 19.7. The molecule has 0 saturated heterocycles. The molecule has 0 spiro atoms. The fraction of sp³-hybridized carbons (Fsp3) is 0.500. The maximum atomic E-state index is 12.9. The van der Waals surface area contributed by atoms with E-state index in [-0.39, 0.29) is 25.0 Å². The van der Waals surface area contributed by atoms with Gasteiger partial charge in [0.25, 0.3) is 0 Å². The molecule has 0 aliphatic carbocycles. The van der Waals surface area contributed by atoms with Crippen molar-refractivity contribution in [1.29, 1.82) is 0 Å². The highest BCUT2D eigenvalue weighted by Crippen LogP contribution is 2.07. The van der Waals surface area contributed by atoms with Crippen LogP contribution in [0.1, 0.15) is 19.4 Å². The summed E-state index contributed by atoms with van der Waals surface area (Å²) in [6.45, 7) is 2.26. The summed E-state index contributed by atoms with van der Waals surface area (Å²) in [5, 5.41) is 8.94. The lowest BCUT2D eigenvalue weighted by Crippen LogP contribution is -2.43. The fourth-order valence-electron chi connectivity index (χ4n) is 1.95. The van der Waals surface area contributed by atoms with Crippen molar-refractivity contribution in [3.63, 3.8) is 0 Å². The summed E-state index contributed by atoms with van der Waals surface area (Å²) in [4.78, 5) is 24.1. The van der Waals surface area contributed by atoms with Gasteiger partial charge in [0.2, 0.25) is 15.9 Å². The standard InChI is InChI=1S/C16H23FN2O6S/c1-12(2)25-7-8-26(23,24)18-9-15(20)19(11-16(21)22)10-13-3-5-14(17)6-4-13/h3-6,12,18H,7-11H2,1-2H3,(H,21,22).